The molecular formula is C17H31F3OS. The van der Waals surface area contributed by atoms with Gasteiger partial charge in [0.25, 0.3) is 0 Å². The van der Waals surface area contributed by atoms with E-state index in [0.717, 1.165) is 31.0 Å². The second kappa shape index (κ2) is 14.4. The van der Waals surface area contributed by atoms with Crippen molar-refractivity contribution < 1.29 is 18.0 Å². The average molecular weight is 340 g/mol. The first-order chi connectivity index (χ1) is 10.5. The van der Waals surface area contributed by atoms with E-state index in [-0.39, 0.29) is 0 Å². The number of hydrogen-bond donors (Lipinski definition) is 0. The summed E-state index contributed by atoms with van der Waals surface area (Å²) >= 11 is 1.10. The quantitative estimate of drug-likeness (QED) is 0.314. The monoisotopic (exact) mass is 340 g/mol. The van der Waals surface area contributed by atoms with Gasteiger partial charge >= 0.3 is 6.18 Å². The Balaban J connectivity index is 3.13. The normalized spacial score (nSPS) is 11.8. The molecule has 0 aliphatic rings. The number of rotatable bonds is 15. The van der Waals surface area contributed by atoms with Crippen molar-refractivity contribution in [3.63, 3.8) is 0 Å². The highest BCUT2D eigenvalue weighted by atomic mass is 32.2. The van der Waals surface area contributed by atoms with Gasteiger partial charge in [-0.05, 0) is 12.2 Å². The Hall–Kier alpha value is -0.190. The lowest BCUT2D eigenvalue weighted by atomic mass is 10.1. The predicted octanol–water partition coefficient (Wildman–Crippen LogP) is 6.55. The van der Waals surface area contributed by atoms with E-state index in [0.29, 0.717) is 5.75 Å². The molecule has 0 aromatic carbocycles. The van der Waals surface area contributed by atoms with E-state index in [1.807, 2.05) is 0 Å². The zero-order valence-corrected chi connectivity index (χ0v) is 14.7. The summed E-state index contributed by atoms with van der Waals surface area (Å²) in [4.78, 5) is 10.6. The van der Waals surface area contributed by atoms with Crippen molar-refractivity contribution in [3.05, 3.63) is 0 Å². The summed E-state index contributed by atoms with van der Waals surface area (Å²) in [6, 6.07) is 0. The molecule has 0 heterocycles. The van der Waals surface area contributed by atoms with Crippen LogP contribution in [0.5, 0.6) is 0 Å². The lowest BCUT2D eigenvalue weighted by molar-refractivity contribution is -0.167. The van der Waals surface area contributed by atoms with Gasteiger partial charge in [0.1, 0.15) is 0 Å². The molecule has 0 radical (unpaired) electrons. The van der Waals surface area contributed by atoms with Gasteiger partial charge in [-0.2, -0.15) is 24.9 Å². The summed E-state index contributed by atoms with van der Waals surface area (Å²) in [7, 11) is 0. The van der Waals surface area contributed by atoms with Gasteiger partial charge in [-0.25, -0.2) is 0 Å². The Kier molecular flexibility index (Phi) is 14.3. The molecule has 0 aromatic rings. The number of Topliss-reactive ketones (excluding diaryl/α,β-unsaturated/α-hetero) is 1. The van der Waals surface area contributed by atoms with Crippen molar-refractivity contribution in [2.24, 2.45) is 0 Å². The maximum absolute atomic E-state index is 12.0. The molecule has 1 nitrogen and oxygen atoms in total. The van der Waals surface area contributed by atoms with Gasteiger partial charge < -0.3 is 0 Å². The minimum Gasteiger partial charge on any atom is -0.289 e. The van der Waals surface area contributed by atoms with E-state index < -0.39 is 17.7 Å². The van der Waals surface area contributed by atoms with Crippen LogP contribution in [0.1, 0.15) is 84.0 Å². The average Bonchev–Trinajstić information content (AvgIpc) is 2.46. The van der Waals surface area contributed by atoms with Gasteiger partial charge in [-0.1, -0.05) is 77.6 Å². The predicted molar refractivity (Wildman–Crippen MR) is 89.5 cm³/mol. The molecule has 0 rings (SSSR count). The van der Waals surface area contributed by atoms with Gasteiger partial charge in [0.05, 0.1) is 5.75 Å². The van der Waals surface area contributed by atoms with Crippen molar-refractivity contribution in [1.29, 1.82) is 0 Å². The van der Waals surface area contributed by atoms with Gasteiger partial charge in [0.2, 0.25) is 5.78 Å². The van der Waals surface area contributed by atoms with Crippen molar-refractivity contribution in [3.8, 4) is 0 Å². The molecule has 0 saturated carbocycles. The lowest BCUT2D eigenvalue weighted by Crippen LogP contribution is -2.24. The molecule has 0 fully saturated rings. The summed E-state index contributed by atoms with van der Waals surface area (Å²) in [6.07, 6.45) is 10.3. The molecule has 0 saturated heterocycles. The molecule has 0 spiro atoms. The Bertz CT molecular complexity index is 267. The summed E-state index contributed by atoms with van der Waals surface area (Å²) in [5.41, 5.74) is 0. The number of alkyl halides is 3. The van der Waals surface area contributed by atoms with Gasteiger partial charge in [-0.3, -0.25) is 4.79 Å². The fourth-order valence-electron chi connectivity index (χ4n) is 2.29. The smallest absolute Gasteiger partial charge is 0.289 e. The zero-order valence-electron chi connectivity index (χ0n) is 13.8. The SMILES string of the molecule is CCCCCCCCCCCCCCSCC(=O)C(F)(F)F. The van der Waals surface area contributed by atoms with Crippen LogP contribution in [0.2, 0.25) is 0 Å². The standard InChI is InChI=1S/C17H31F3OS/c1-2-3-4-5-6-7-8-9-10-11-12-13-14-22-15-16(21)17(18,19)20/h2-15H2,1H3. The molecule has 5 heteroatoms. The Labute approximate surface area is 137 Å². The topological polar surface area (TPSA) is 17.1 Å². The molecule has 0 amide bonds. The van der Waals surface area contributed by atoms with Crippen LogP contribution in [-0.2, 0) is 4.79 Å². The molecule has 132 valence electrons. The van der Waals surface area contributed by atoms with Crippen LogP contribution in [0, 0.1) is 0 Å². The Morgan fingerprint density at radius 1 is 0.773 bits per heavy atom. The van der Waals surface area contributed by atoms with E-state index in [4.69, 9.17) is 0 Å². The first kappa shape index (κ1) is 21.8. The second-order valence-electron chi connectivity index (χ2n) is 5.86. The van der Waals surface area contributed by atoms with Crippen LogP contribution in [-0.4, -0.2) is 23.5 Å². The van der Waals surface area contributed by atoms with Gasteiger partial charge in [0, 0.05) is 0 Å². The highest BCUT2D eigenvalue weighted by Crippen LogP contribution is 2.19. The molecular weight excluding hydrogens is 309 g/mol. The van der Waals surface area contributed by atoms with Crippen LogP contribution < -0.4 is 0 Å². The number of ketones is 1. The van der Waals surface area contributed by atoms with Crippen LogP contribution in [0.3, 0.4) is 0 Å². The van der Waals surface area contributed by atoms with Crippen LogP contribution in [0.15, 0.2) is 0 Å². The molecule has 0 aliphatic heterocycles. The third-order valence-electron chi connectivity index (χ3n) is 3.69. The van der Waals surface area contributed by atoms with E-state index in [1.54, 1.807) is 0 Å². The lowest BCUT2D eigenvalue weighted by Gasteiger charge is -2.05. The number of hydrogen-bond acceptors (Lipinski definition) is 2. The van der Waals surface area contributed by atoms with E-state index >= 15 is 0 Å². The second-order valence-corrected chi connectivity index (χ2v) is 6.97. The highest BCUT2D eigenvalue weighted by Gasteiger charge is 2.37. The number of carbonyl (C=O) groups is 1. The number of carbonyl (C=O) groups excluding carboxylic acids is 1. The van der Waals surface area contributed by atoms with Crippen LogP contribution in [0.25, 0.3) is 0 Å². The van der Waals surface area contributed by atoms with Crippen LogP contribution >= 0.6 is 11.8 Å². The molecule has 0 bridgehead atoms. The Morgan fingerprint density at radius 2 is 1.18 bits per heavy atom. The summed E-state index contributed by atoms with van der Waals surface area (Å²) in [5.74, 6) is -1.39. The first-order valence-electron chi connectivity index (χ1n) is 8.66. The minimum absolute atomic E-state index is 0.429. The highest BCUT2D eigenvalue weighted by molar-refractivity contribution is 7.99. The molecule has 0 aromatic heterocycles. The zero-order chi connectivity index (χ0) is 16.7. The first-order valence-corrected chi connectivity index (χ1v) is 9.81. The summed E-state index contributed by atoms with van der Waals surface area (Å²) in [5, 5.41) is 0. The summed E-state index contributed by atoms with van der Waals surface area (Å²) < 4.78 is 35.9. The van der Waals surface area contributed by atoms with Gasteiger partial charge in [-0.15, -0.1) is 0 Å². The maximum atomic E-state index is 12.0. The van der Waals surface area contributed by atoms with E-state index in [2.05, 4.69) is 6.92 Å². The fraction of sp³-hybridized carbons (Fsp3) is 0.941. The van der Waals surface area contributed by atoms with Crippen molar-refractivity contribution in [1.82, 2.24) is 0 Å². The maximum Gasteiger partial charge on any atom is 0.450 e. The van der Waals surface area contributed by atoms with E-state index in [1.165, 1.54) is 57.8 Å². The molecule has 22 heavy (non-hydrogen) atoms. The van der Waals surface area contributed by atoms with Gasteiger partial charge in [0.15, 0.2) is 0 Å². The molecule has 0 unspecified atom stereocenters. The molecule has 0 atom stereocenters. The van der Waals surface area contributed by atoms with E-state index in [9.17, 15) is 18.0 Å². The van der Waals surface area contributed by atoms with Crippen molar-refractivity contribution >= 4 is 17.5 Å². The molecule has 0 N–H and O–H groups in total. The third kappa shape index (κ3) is 14.7. The number of thioether (sulfide) groups is 1. The number of halogens is 3. The largest absolute Gasteiger partial charge is 0.450 e. The number of unbranched alkanes of at least 4 members (excludes halogenated alkanes) is 11. The Morgan fingerprint density at radius 3 is 1.59 bits per heavy atom. The third-order valence-corrected chi connectivity index (χ3v) is 4.74. The van der Waals surface area contributed by atoms with Crippen LogP contribution in [0.4, 0.5) is 13.2 Å². The summed E-state index contributed by atoms with van der Waals surface area (Å²) in [6.45, 7) is 2.23. The van der Waals surface area contributed by atoms with Crippen molar-refractivity contribution in [2.45, 2.75) is 90.1 Å². The molecule has 0 aliphatic carbocycles. The fourth-order valence-corrected chi connectivity index (χ4v) is 3.19. The van der Waals surface area contributed by atoms with Crippen molar-refractivity contribution in [2.75, 3.05) is 11.5 Å². The minimum atomic E-state index is -4.66.